The average molecular weight is 384 g/mol. The van der Waals surface area contributed by atoms with E-state index in [-0.39, 0.29) is 10.9 Å². The van der Waals surface area contributed by atoms with Gasteiger partial charge in [-0.3, -0.25) is 0 Å². The number of piperidine rings is 1. The summed E-state index contributed by atoms with van der Waals surface area (Å²) in [6.45, 7) is 1.32. The first-order valence-corrected chi connectivity index (χ1v) is 10.3. The van der Waals surface area contributed by atoms with Gasteiger partial charge in [0.15, 0.2) is 0 Å². The van der Waals surface area contributed by atoms with Crippen molar-refractivity contribution in [3.63, 3.8) is 0 Å². The van der Waals surface area contributed by atoms with E-state index in [1.807, 2.05) is 35.2 Å². The van der Waals surface area contributed by atoms with Gasteiger partial charge >= 0.3 is 0 Å². The predicted octanol–water partition coefficient (Wildman–Crippen LogP) is 2.68. The molecule has 0 saturated carbocycles. The van der Waals surface area contributed by atoms with Crippen LogP contribution >= 0.6 is 0 Å². The molecule has 0 atom stereocenters. The average Bonchev–Trinajstić information content (AvgIpc) is 3.20. The maximum absolute atomic E-state index is 12.4. The molecule has 2 aromatic carbocycles. The molecule has 0 bridgehead atoms. The Balaban J connectivity index is 1.38. The molecular weight excluding hydrogens is 364 g/mol. The van der Waals surface area contributed by atoms with Crippen LogP contribution < -0.4 is 9.62 Å². The first-order chi connectivity index (χ1) is 13.1. The van der Waals surface area contributed by atoms with Crippen molar-refractivity contribution in [1.29, 1.82) is 0 Å². The summed E-state index contributed by atoms with van der Waals surface area (Å²) in [6.07, 6.45) is 1.36. The number of sulfonamides is 1. The Bertz CT molecular complexity index is 982. The van der Waals surface area contributed by atoms with Crippen LogP contribution in [0.2, 0.25) is 0 Å². The molecule has 1 aliphatic rings. The normalized spacial score (nSPS) is 15.8. The van der Waals surface area contributed by atoms with E-state index >= 15 is 0 Å². The molecule has 0 radical (unpaired) electrons. The zero-order valence-corrected chi connectivity index (χ0v) is 15.5. The van der Waals surface area contributed by atoms with Gasteiger partial charge in [-0.1, -0.05) is 36.4 Å². The third-order valence-electron chi connectivity index (χ3n) is 4.59. The minimum Gasteiger partial charge on any atom is -0.338 e. The molecule has 1 fully saturated rings. The van der Waals surface area contributed by atoms with Gasteiger partial charge in [-0.15, -0.1) is 0 Å². The zero-order chi connectivity index (χ0) is 18.7. The van der Waals surface area contributed by atoms with Crippen molar-refractivity contribution in [1.82, 2.24) is 14.9 Å². The molecule has 4 rings (SSSR count). The Labute approximate surface area is 158 Å². The van der Waals surface area contributed by atoms with E-state index < -0.39 is 10.0 Å². The molecule has 1 aromatic heterocycles. The van der Waals surface area contributed by atoms with Crippen LogP contribution in [0.15, 0.2) is 70.1 Å². The molecule has 1 saturated heterocycles. The molecule has 1 N–H and O–H groups in total. The van der Waals surface area contributed by atoms with E-state index in [1.165, 1.54) is 0 Å². The molecule has 0 amide bonds. The molecule has 140 valence electrons. The van der Waals surface area contributed by atoms with Crippen LogP contribution in [0.25, 0.3) is 11.5 Å². The van der Waals surface area contributed by atoms with E-state index in [0.29, 0.717) is 37.8 Å². The third kappa shape index (κ3) is 4.01. The second-order valence-electron chi connectivity index (χ2n) is 6.46. The lowest BCUT2D eigenvalue weighted by Gasteiger charge is -2.31. The summed E-state index contributed by atoms with van der Waals surface area (Å²) in [5.41, 5.74) is 0.877. The topological polar surface area (TPSA) is 88.3 Å². The number of anilines is 1. The molecule has 8 heteroatoms. The second-order valence-corrected chi connectivity index (χ2v) is 8.18. The molecule has 27 heavy (non-hydrogen) atoms. The summed E-state index contributed by atoms with van der Waals surface area (Å²) in [6, 6.07) is 17.9. The Morgan fingerprint density at radius 1 is 0.963 bits per heavy atom. The van der Waals surface area contributed by atoms with Crippen molar-refractivity contribution < 1.29 is 12.9 Å². The van der Waals surface area contributed by atoms with Gasteiger partial charge in [-0.2, -0.15) is 4.98 Å². The van der Waals surface area contributed by atoms with Crippen LogP contribution in [0.4, 0.5) is 5.95 Å². The Morgan fingerprint density at radius 3 is 2.26 bits per heavy atom. The van der Waals surface area contributed by atoms with Gasteiger partial charge in [-0.25, -0.2) is 13.1 Å². The highest BCUT2D eigenvalue weighted by Crippen LogP contribution is 2.23. The zero-order valence-electron chi connectivity index (χ0n) is 14.7. The van der Waals surface area contributed by atoms with Gasteiger partial charge in [0.2, 0.25) is 10.0 Å². The predicted molar refractivity (Wildman–Crippen MR) is 102 cm³/mol. The highest BCUT2D eigenvalue weighted by molar-refractivity contribution is 7.89. The SMILES string of the molecule is O=S(=O)(NC1CCN(c2noc(-c3ccccc3)n2)CC1)c1ccccc1. The Kier molecular flexibility index (Phi) is 4.91. The fourth-order valence-corrected chi connectivity index (χ4v) is 4.45. The van der Waals surface area contributed by atoms with Crippen LogP contribution in [0.1, 0.15) is 12.8 Å². The monoisotopic (exact) mass is 384 g/mol. The minimum atomic E-state index is -3.49. The number of hydrogen-bond acceptors (Lipinski definition) is 6. The first-order valence-electron chi connectivity index (χ1n) is 8.83. The second kappa shape index (κ2) is 7.50. The fourth-order valence-electron chi connectivity index (χ4n) is 3.13. The van der Waals surface area contributed by atoms with Gasteiger partial charge in [0, 0.05) is 24.7 Å². The smallest absolute Gasteiger partial charge is 0.266 e. The summed E-state index contributed by atoms with van der Waals surface area (Å²) >= 11 is 0. The highest BCUT2D eigenvalue weighted by Gasteiger charge is 2.26. The summed E-state index contributed by atoms with van der Waals surface area (Å²) < 4.78 is 33.0. The van der Waals surface area contributed by atoms with Gasteiger partial charge < -0.3 is 9.42 Å². The van der Waals surface area contributed by atoms with E-state index in [9.17, 15) is 8.42 Å². The number of nitrogens with zero attached hydrogens (tertiary/aromatic N) is 3. The van der Waals surface area contributed by atoms with Crippen LogP contribution in [0, 0.1) is 0 Å². The highest BCUT2D eigenvalue weighted by atomic mass is 32.2. The summed E-state index contributed by atoms with van der Waals surface area (Å²) in [5, 5.41) is 4.06. The van der Waals surface area contributed by atoms with Crippen molar-refractivity contribution >= 4 is 16.0 Å². The lowest BCUT2D eigenvalue weighted by atomic mass is 10.1. The number of aromatic nitrogens is 2. The molecule has 0 spiro atoms. The van der Waals surface area contributed by atoms with E-state index in [2.05, 4.69) is 14.9 Å². The molecule has 1 aliphatic heterocycles. The number of nitrogens with one attached hydrogen (secondary N) is 1. The largest absolute Gasteiger partial charge is 0.338 e. The maximum atomic E-state index is 12.4. The van der Waals surface area contributed by atoms with Gasteiger partial charge in [0.25, 0.3) is 11.8 Å². The minimum absolute atomic E-state index is 0.105. The Hall–Kier alpha value is -2.71. The third-order valence-corrected chi connectivity index (χ3v) is 6.13. The number of hydrogen-bond donors (Lipinski definition) is 1. The van der Waals surface area contributed by atoms with Crippen LogP contribution in [-0.4, -0.2) is 37.7 Å². The van der Waals surface area contributed by atoms with Crippen molar-refractivity contribution in [2.24, 2.45) is 0 Å². The van der Waals surface area contributed by atoms with Crippen molar-refractivity contribution in [2.45, 2.75) is 23.8 Å². The fraction of sp³-hybridized carbons (Fsp3) is 0.263. The molecule has 7 nitrogen and oxygen atoms in total. The number of benzene rings is 2. The number of rotatable bonds is 5. The standard InChI is InChI=1S/C19H20N4O3S/c24-27(25,17-9-5-2-6-10-17)22-16-11-13-23(14-12-16)19-20-18(26-21-19)15-7-3-1-4-8-15/h1-10,16,22H,11-14H2. The summed E-state index contributed by atoms with van der Waals surface area (Å²) in [5.74, 6) is 1.02. The van der Waals surface area contributed by atoms with E-state index in [0.717, 1.165) is 5.56 Å². The van der Waals surface area contributed by atoms with E-state index in [1.54, 1.807) is 30.3 Å². The molecule has 0 unspecified atom stereocenters. The van der Waals surface area contributed by atoms with Gasteiger partial charge in [0.1, 0.15) is 0 Å². The van der Waals surface area contributed by atoms with Gasteiger partial charge in [-0.05, 0) is 42.3 Å². The lowest BCUT2D eigenvalue weighted by molar-refractivity contribution is 0.418. The lowest BCUT2D eigenvalue weighted by Crippen LogP contribution is -2.44. The van der Waals surface area contributed by atoms with Crippen molar-refractivity contribution in [2.75, 3.05) is 18.0 Å². The van der Waals surface area contributed by atoms with Crippen LogP contribution in [0.5, 0.6) is 0 Å². The van der Waals surface area contributed by atoms with E-state index in [4.69, 9.17) is 4.52 Å². The maximum Gasteiger partial charge on any atom is 0.266 e. The molecule has 0 aliphatic carbocycles. The molecule has 2 heterocycles. The summed E-state index contributed by atoms with van der Waals surface area (Å²) in [4.78, 5) is 6.77. The Morgan fingerprint density at radius 2 is 1.59 bits per heavy atom. The summed E-state index contributed by atoms with van der Waals surface area (Å²) in [7, 11) is -3.49. The van der Waals surface area contributed by atoms with Crippen molar-refractivity contribution in [3.8, 4) is 11.5 Å². The molecular formula is C19H20N4O3S. The van der Waals surface area contributed by atoms with Crippen LogP contribution in [-0.2, 0) is 10.0 Å². The van der Waals surface area contributed by atoms with Gasteiger partial charge in [0.05, 0.1) is 4.90 Å². The quantitative estimate of drug-likeness (QED) is 0.728. The first kappa shape index (κ1) is 17.7. The van der Waals surface area contributed by atoms with Crippen LogP contribution in [0.3, 0.4) is 0 Å². The molecule has 3 aromatic rings. The van der Waals surface area contributed by atoms with Crippen molar-refractivity contribution in [3.05, 3.63) is 60.7 Å².